The maximum Gasteiger partial charge on any atom is 0.123 e. The minimum atomic E-state index is 0.181. The molecule has 101 valence electrons. The highest BCUT2D eigenvalue weighted by Crippen LogP contribution is 2.27. The van der Waals surface area contributed by atoms with Crippen molar-refractivity contribution in [3.63, 3.8) is 0 Å². The van der Waals surface area contributed by atoms with E-state index in [9.17, 15) is 0 Å². The summed E-state index contributed by atoms with van der Waals surface area (Å²) in [5.41, 5.74) is 1.18. The molecule has 0 unspecified atom stereocenters. The van der Waals surface area contributed by atoms with E-state index >= 15 is 0 Å². The molecule has 0 fully saturated rings. The van der Waals surface area contributed by atoms with Gasteiger partial charge in [0.1, 0.15) is 11.5 Å². The van der Waals surface area contributed by atoms with Crippen LogP contribution in [0.25, 0.3) is 0 Å². The first-order chi connectivity index (χ1) is 8.52. The third-order valence-electron chi connectivity index (χ3n) is 2.60. The molecule has 1 rings (SSSR count). The van der Waals surface area contributed by atoms with Crippen molar-refractivity contribution in [3.8, 4) is 11.5 Å². The fourth-order valence-electron chi connectivity index (χ4n) is 1.62. The Hall–Kier alpha value is -1.18. The summed E-state index contributed by atoms with van der Waals surface area (Å²) in [5.74, 6) is 3.05. The first-order valence-electron chi connectivity index (χ1n) is 6.78. The average Bonchev–Trinajstić information content (AvgIpc) is 2.28. The molecule has 0 aliphatic carbocycles. The highest BCUT2D eigenvalue weighted by atomic mass is 16.5. The maximum atomic E-state index is 5.77. The van der Waals surface area contributed by atoms with Gasteiger partial charge in [-0.1, -0.05) is 27.2 Å². The number of ether oxygens (including phenoxy) is 2. The number of benzene rings is 1. The van der Waals surface area contributed by atoms with Gasteiger partial charge >= 0.3 is 0 Å². The lowest BCUT2D eigenvalue weighted by atomic mass is 10.0. The number of unbranched alkanes of at least 4 members (excludes halogenated alkanes) is 1. The van der Waals surface area contributed by atoms with Gasteiger partial charge in [-0.05, 0) is 43.9 Å². The second kappa shape index (κ2) is 7.30. The molecule has 0 N–H and O–H groups in total. The molecule has 2 heteroatoms. The van der Waals surface area contributed by atoms with Gasteiger partial charge in [-0.3, -0.25) is 0 Å². The summed E-state index contributed by atoms with van der Waals surface area (Å²) in [4.78, 5) is 0. The first-order valence-corrected chi connectivity index (χ1v) is 6.78. The van der Waals surface area contributed by atoms with Crippen LogP contribution in [-0.4, -0.2) is 12.7 Å². The van der Waals surface area contributed by atoms with Crippen molar-refractivity contribution >= 4 is 0 Å². The molecular formula is C16H25O2. The van der Waals surface area contributed by atoms with Crippen LogP contribution in [0, 0.1) is 5.92 Å². The number of hydrogen-bond donors (Lipinski definition) is 0. The molecule has 1 radical (unpaired) electrons. The summed E-state index contributed by atoms with van der Waals surface area (Å²) in [7, 11) is 0. The Morgan fingerprint density at radius 3 is 2.33 bits per heavy atom. The van der Waals surface area contributed by atoms with Gasteiger partial charge in [0.25, 0.3) is 0 Å². The van der Waals surface area contributed by atoms with Crippen LogP contribution in [-0.2, 0) is 0 Å². The predicted octanol–water partition coefficient (Wildman–Crippen LogP) is 4.62. The van der Waals surface area contributed by atoms with Gasteiger partial charge in [-0.15, -0.1) is 0 Å². The van der Waals surface area contributed by atoms with Gasteiger partial charge in [-0.25, -0.2) is 0 Å². The second-order valence-corrected chi connectivity index (χ2v) is 5.06. The lowest BCUT2D eigenvalue weighted by molar-refractivity contribution is 0.239. The predicted molar refractivity (Wildman–Crippen MR) is 76.3 cm³/mol. The highest BCUT2D eigenvalue weighted by Gasteiger charge is 2.07. The van der Waals surface area contributed by atoms with E-state index < -0.39 is 0 Å². The second-order valence-electron chi connectivity index (χ2n) is 5.06. The van der Waals surface area contributed by atoms with E-state index in [4.69, 9.17) is 9.47 Å². The van der Waals surface area contributed by atoms with Gasteiger partial charge in [0, 0.05) is 6.07 Å². The molecular weight excluding hydrogens is 224 g/mol. The van der Waals surface area contributed by atoms with Crippen molar-refractivity contribution in [1.29, 1.82) is 0 Å². The van der Waals surface area contributed by atoms with Crippen molar-refractivity contribution in [1.82, 2.24) is 0 Å². The topological polar surface area (TPSA) is 18.5 Å². The molecule has 0 bridgehead atoms. The summed E-state index contributed by atoms with van der Waals surface area (Å²) in [5, 5.41) is 0. The Labute approximate surface area is 111 Å². The first kappa shape index (κ1) is 14.9. The van der Waals surface area contributed by atoms with Crippen molar-refractivity contribution < 1.29 is 9.47 Å². The van der Waals surface area contributed by atoms with E-state index in [1.165, 1.54) is 11.5 Å². The van der Waals surface area contributed by atoms with E-state index in [-0.39, 0.29) is 6.10 Å². The summed E-state index contributed by atoms with van der Waals surface area (Å²) >= 11 is 0. The van der Waals surface area contributed by atoms with Crippen LogP contribution in [0.3, 0.4) is 0 Å². The zero-order valence-electron chi connectivity index (χ0n) is 12.2. The molecule has 0 saturated heterocycles. The fourth-order valence-corrected chi connectivity index (χ4v) is 1.62. The quantitative estimate of drug-likeness (QED) is 0.657. The Kier molecular flexibility index (Phi) is 6.03. The van der Waals surface area contributed by atoms with Crippen LogP contribution in [0.5, 0.6) is 11.5 Å². The Morgan fingerprint density at radius 2 is 1.78 bits per heavy atom. The smallest absolute Gasteiger partial charge is 0.123 e. The molecule has 0 aliphatic rings. The van der Waals surface area contributed by atoms with E-state index in [0.29, 0.717) is 0 Å². The zero-order valence-corrected chi connectivity index (χ0v) is 12.2. The molecule has 18 heavy (non-hydrogen) atoms. The normalized spacial score (nSPS) is 11.1. The third kappa shape index (κ3) is 4.99. The average molecular weight is 249 g/mol. The van der Waals surface area contributed by atoms with Gasteiger partial charge < -0.3 is 9.47 Å². The molecule has 0 spiro atoms. The van der Waals surface area contributed by atoms with Gasteiger partial charge in [0.05, 0.1) is 12.7 Å². The summed E-state index contributed by atoms with van der Waals surface area (Å²) < 4.78 is 11.5. The summed E-state index contributed by atoms with van der Waals surface area (Å²) in [6, 6.07) is 6.13. The van der Waals surface area contributed by atoms with Gasteiger partial charge in [0.2, 0.25) is 0 Å². The van der Waals surface area contributed by atoms with Crippen LogP contribution in [0.4, 0.5) is 0 Å². The number of rotatable bonds is 7. The lowest BCUT2D eigenvalue weighted by Gasteiger charge is -2.15. The van der Waals surface area contributed by atoms with Crippen molar-refractivity contribution in [3.05, 3.63) is 29.7 Å². The molecule has 0 saturated carbocycles. The summed E-state index contributed by atoms with van der Waals surface area (Å²) in [6.45, 7) is 11.2. The zero-order chi connectivity index (χ0) is 13.5. The maximum absolute atomic E-state index is 5.77. The van der Waals surface area contributed by atoms with Gasteiger partial charge in [0.15, 0.2) is 0 Å². The summed E-state index contributed by atoms with van der Waals surface area (Å²) in [6.07, 6.45) is 2.41. The van der Waals surface area contributed by atoms with Crippen LogP contribution in [0.15, 0.2) is 18.2 Å². The molecule has 0 atom stereocenters. The van der Waals surface area contributed by atoms with Crippen molar-refractivity contribution in [2.75, 3.05) is 6.61 Å². The Balaban J connectivity index is 2.84. The number of hydrogen-bond acceptors (Lipinski definition) is 2. The van der Waals surface area contributed by atoms with E-state index in [2.05, 4.69) is 32.9 Å². The van der Waals surface area contributed by atoms with Crippen molar-refractivity contribution in [2.45, 2.75) is 53.6 Å². The van der Waals surface area contributed by atoms with E-state index in [1.807, 2.05) is 19.9 Å². The standard InChI is InChI=1S/C16H25O2/c1-6-7-8-17-15-9-14(12(2)3)10-16(11-15)18-13(4)5/h9-11,13H,6-8H2,1-5H3. The van der Waals surface area contributed by atoms with Crippen LogP contribution in [0.1, 0.15) is 53.0 Å². The van der Waals surface area contributed by atoms with Crippen LogP contribution in [0.2, 0.25) is 0 Å². The molecule has 1 aromatic rings. The monoisotopic (exact) mass is 249 g/mol. The van der Waals surface area contributed by atoms with Crippen LogP contribution < -0.4 is 9.47 Å². The molecule has 2 nitrogen and oxygen atoms in total. The minimum Gasteiger partial charge on any atom is -0.493 e. The van der Waals surface area contributed by atoms with Crippen molar-refractivity contribution in [2.24, 2.45) is 0 Å². The largest absolute Gasteiger partial charge is 0.493 e. The van der Waals surface area contributed by atoms with Crippen LogP contribution >= 0.6 is 0 Å². The highest BCUT2D eigenvalue weighted by molar-refractivity contribution is 5.43. The minimum absolute atomic E-state index is 0.181. The molecule has 0 aliphatic heterocycles. The lowest BCUT2D eigenvalue weighted by Crippen LogP contribution is -2.07. The Morgan fingerprint density at radius 1 is 1.11 bits per heavy atom. The third-order valence-corrected chi connectivity index (χ3v) is 2.60. The molecule has 0 amide bonds. The fraction of sp³-hybridized carbons (Fsp3) is 0.562. The molecule has 0 heterocycles. The molecule has 1 aromatic carbocycles. The van der Waals surface area contributed by atoms with E-state index in [1.54, 1.807) is 0 Å². The van der Waals surface area contributed by atoms with E-state index in [0.717, 1.165) is 30.9 Å². The molecule has 0 aromatic heterocycles. The Bertz CT molecular complexity index is 356. The van der Waals surface area contributed by atoms with Gasteiger partial charge in [-0.2, -0.15) is 0 Å². The SMILES string of the molecule is CCCCOc1cc(OC(C)C)cc([C](C)C)c1.